The van der Waals surface area contributed by atoms with E-state index in [1.165, 1.54) is 24.1 Å². The normalized spacial score (nSPS) is 12.0. The number of hydrogen-bond donors (Lipinski definition) is 0. The Morgan fingerprint density at radius 2 is 1.72 bits per heavy atom. The monoisotopic (exact) mass is 491 g/mol. The van der Waals surface area contributed by atoms with Gasteiger partial charge in [0.25, 0.3) is 0 Å². The molecular formula is C26H28ClF2NS2. The second-order valence-electron chi connectivity index (χ2n) is 7.50. The van der Waals surface area contributed by atoms with Crippen LogP contribution in [0.15, 0.2) is 71.6 Å². The summed E-state index contributed by atoms with van der Waals surface area (Å²) in [5, 5.41) is 0.655. The molecule has 0 aliphatic rings. The molecule has 1 unspecified atom stereocenters. The van der Waals surface area contributed by atoms with Crippen molar-refractivity contribution in [3.63, 3.8) is 0 Å². The molecule has 0 aromatic heterocycles. The molecule has 6 heteroatoms. The third-order valence-corrected chi connectivity index (χ3v) is 7.63. The van der Waals surface area contributed by atoms with Crippen LogP contribution in [0.25, 0.3) is 0 Å². The quantitative estimate of drug-likeness (QED) is 0.194. The zero-order valence-electron chi connectivity index (χ0n) is 18.4. The van der Waals surface area contributed by atoms with E-state index in [0.717, 1.165) is 46.8 Å². The van der Waals surface area contributed by atoms with Crippen molar-refractivity contribution in [1.29, 1.82) is 0 Å². The number of thioether (sulfide) groups is 1. The molecule has 0 saturated carbocycles. The largest absolute Gasteiger partial charge is 0.302 e. The number of unbranched alkanes of at least 4 members (excludes halogenated alkanes) is 1. The highest BCUT2D eigenvalue weighted by Gasteiger charge is 2.23. The summed E-state index contributed by atoms with van der Waals surface area (Å²) in [6.07, 6.45) is 2.90. The number of anilines is 1. The fraction of sp³-hybridized carbons (Fsp3) is 0.308. The molecule has 32 heavy (non-hydrogen) atoms. The van der Waals surface area contributed by atoms with Gasteiger partial charge in [-0.2, -0.15) is 11.8 Å². The number of halogens is 3. The van der Waals surface area contributed by atoms with Gasteiger partial charge in [0, 0.05) is 9.92 Å². The van der Waals surface area contributed by atoms with Crippen LogP contribution in [-0.2, 0) is 6.42 Å². The Kier molecular flexibility index (Phi) is 9.76. The molecule has 0 fully saturated rings. The Morgan fingerprint density at radius 1 is 0.969 bits per heavy atom. The lowest BCUT2D eigenvalue weighted by Crippen LogP contribution is -2.21. The second kappa shape index (κ2) is 12.5. The minimum absolute atomic E-state index is 0.173. The molecule has 0 bridgehead atoms. The van der Waals surface area contributed by atoms with Crippen molar-refractivity contribution < 1.29 is 8.78 Å². The molecule has 0 aliphatic heterocycles. The standard InChI is InChI=1S/C26H28ClF2NS2/c1-3-31-17-7-6-8-20-18-22(28)13-16-24(20)19(2)30(26-10-5-4-9-25(26)29)32-23-14-11-21(27)12-15-23/h4-5,9-16,18-19H,3,6-8,17H2,1-2H3. The average Bonchev–Trinajstić information content (AvgIpc) is 2.79. The third-order valence-electron chi connectivity index (χ3n) is 5.20. The number of benzene rings is 3. The van der Waals surface area contributed by atoms with Gasteiger partial charge in [-0.1, -0.05) is 36.7 Å². The maximum atomic E-state index is 14.8. The molecule has 0 radical (unpaired) electrons. The molecular weight excluding hydrogens is 464 g/mol. The number of nitrogens with zero attached hydrogens (tertiary/aromatic N) is 1. The number of rotatable bonds is 11. The molecule has 0 amide bonds. The molecule has 0 saturated heterocycles. The number of hydrogen-bond acceptors (Lipinski definition) is 3. The molecule has 3 aromatic carbocycles. The van der Waals surface area contributed by atoms with Gasteiger partial charge in [-0.15, -0.1) is 0 Å². The summed E-state index contributed by atoms with van der Waals surface area (Å²) in [6.45, 7) is 4.20. The van der Waals surface area contributed by atoms with E-state index in [0.29, 0.717) is 10.7 Å². The van der Waals surface area contributed by atoms with Gasteiger partial charge in [-0.3, -0.25) is 0 Å². The highest BCUT2D eigenvalue weighted by molar-refractivity contribution is 8.00. The van der Waals surface area contributed by atoms with Crippen molar-refractivity contribution in [3.05, 3.63) is 94.5 Å². The van der Waals surface area contributed by atoms with E-state index in [2.05, 4.69) is 6.92 Å². The molecule has 0 heterocycles. The van der Waals surface area contributed by atoms with Crippen LogP contribution >= 0.6 is 35.3 Å². The van der Waals surface area contributed by atoms with E-state index < -0.39 is 0 Å². The molecule has 1 nitrogen and oxygen atoms in total. The number of para-hydroxylation sites is 1. The van der Waals surface area contributed by atoms with Gasteiger partial charge in [0.15, 0.2) is 0 Å². The van der Waals surface area contributed by atoms with Crippen LogP contribution < -0.4 is 4.31 Å². The van der Waals surface area contributed by atoms with E-state index in [-0.39, 0.29) is 17.7 Å². The molecule has 0 aliphatic carbocycles. The highest BCUT2D eigenvalue weighted by Crippen LogP contribution is 2.40. The predicted molar refractivity (Wildman–Crippen MR) is 137 cm³/mol. The van der Waals surface area contributed by atoms with Crippen molar-refractivity contribution in [2.24, 2.45) is 0 Å². The first-order valence-corrected chi connectivity index (χ1v) is 13.1. The summed E-state index contributed by atoms with van der Waals surface area (Å²) in [5.41, 5.74) is 2.49. The van der Waals surface area contributed by atoms with E-state index in [1.807, 2.05) is 59.4 Å². The Bertz CT molecular complexity index is 997. The fourth-order valence-electron chi connectivity index (χ4n) is 3.56. The SMILES string of the molecule is CCSCCCCc1cc(F)ccc1C(C)N(Sc1ccc(Cl)cc1)c1ccccc1F. The minimum Gasteiger partial charge on any atom is -0.302 e. The first kappa shape index (κ1) is 24.9. The highest BCUT2D eigenvalue weighted by atomic mass is 35.5. The maximum absolute atomic E-state index is 14.8. The van der Waals surface area contributed by atoms with Crippen molar-refractivity contribution in [3.8, 4) is 0 Å². The Morgan fingerprint density at radius 3 is 2.44 bits per heavy atom. The summed E-state index contributed by atoms with van der Waals surface area (Å²) in [5.74, 6) is 1.70. The molecule has 0 N–H and O–H groups in total. The molecule has 3 aromatic rings. The fourth-order valence-corrected chi connectivity index (χ4v) is 5.39. The minimum atomic E-state index is -0.291. The van der Waals surface area contributed by atoms with Crippen LogP contribution in [0.5, 0.6) is 0 Å². The first-order chi connectivity index (χ1) is 15.5. The second-order valence-corrected chi connectivity index (χ2v) is 10.4. The van der Waals surface area contributed by atoms with E-state index in [9.17, 15) is 8.78 Å². The summed E-state index contributed by atoms with van der Waals surface area (Å²) < 4.78 is 30.9. The molecule has 3 rings (SSSR count). The van der Waals surface area contributed by atoms with Crippen molar-refractivity contribution in [2.75, 3.05) is 15.8 Å². The predicted octanol–water partition coefficient (Wildman–Crippen LogP) is 8.97. The van der Waals surface area contributed by atoms with E-state index in [1.54, 1.807) is 18.2 Å². The molecule has 0 spiro atoms. The average molecular weight is 492 g/mol. The van der Waals surface area contributed by atoms with Crippen LogP contribution in [0.4, 0.5) is 14.5 Å². The lowest BCUT2D eigenvalue weighted by atomic mass is 9.97. The van der Waals surface area contributed by atoms with E-state index >= 15 is 0 Å². The van der Waals surface area contributed by atoms with Gasteiger partial charge >= 0.3 is 0 Å². The summed E-state index contributed by atoms with van der Waals surface area (Å²) in [6, 6.07) is 19.0. The van der Waals surface area contributed by atoms with Crippen LogP contribution in [0, 0.1) is 11.6 Å². The van der Waals surface area contributed by atoms with Crippen molar-refractivity contribution in [2.45, 2.75) is 44.0 Å². The third kappa shape index (κ3) is 6.90. The molecule has 170 valence electrons. The summed E-state index contributed by atoms with van der Waals surface area (Å²) >= 11 is 9.42. The Labute approximate surface area is 203 Å². The van der Waals surface area contributed by atoms with Crippen LogP contribution in [0.2, 0.25) is 5.02 Å². The van der Waals surface area contributed by atoms with Crippen LogP contribution in [-0.4, -0.2) is 11.5 Å². The van der Waals surface area contributed by atoms with Gasteiger partial charge < -0.3 is 4.31 Å². The van der Waals surface area contributed by atoms with E-state index in [4.69, 9.17) is 11.6 Å². The zero-order chi connectivity index (χ0) is 22.9. The van der Waals surface area contributed by atoms with Crippen LogP contribution in [0.3, 0.4) is 0 Å². The van der Waals surface area contributed by atoms with Gasteiger partial charge in [-0.05, 0) is 109 Å². The lowest BCUT2D eigenvalue weighted by molar-refractivity contribution is 0.615. The van der Waals surface area contributed by atoms with Gasteiger partial charge in [0.2, 0.25) is 0 Å². The lowest BCUT2D eigenvalue weighted by Gasteiger charge is -2.32. The smallest absolute Gasteiger partial charge is 0.147 e. The van der Waals surface area contributed by atoms with Gasteiger partial charge in [0.1, 0.15) is 11.6 Å². The first-order valence-electron chi connectivity index (χ1n) is 10.8. The zero-order valence-corrected chi connectivity index (χ0v) is 20.8. The van der Waals surface area contributed by atoms with Crippen molar-refractivity contribution >= 4 is 41.0 Å². The molecule has 1 atom stereocenters. The van der Waals surface area contributed by atoms with Gasteiger partial charge in [-0.25, -0.2) is 8.78 Å². The topological polar surface area (TPSA) is 3.24 Å². The van der Waals surface area contributed by atoms with Crippen LogP contribution in [0.1, 0.15) is 43.9 Å². The van der Waals surface area contributed by atoms with Gasteiger partial charge in [0.05, 0.1) is 11.7 Å². The Balaban J connectivity index is 1.91. The number of aryl methyl sites for hydroxylation is 1. The Hall–Kier alpha value is -1.69. The maximum Gasteiger partial charge on any atom is 0.147 e. The van der Waals surface area contributed by atoms with Crippen molar-refractivity contribution in [1.82, 2.24) is 0 Å². The summed E-state index contributed by atoms with van der Waals surface area (Å²) in [4.78, 5) is 0.949. The summed E-state index contributed by atoms with van der Waals surface area (Å²) in [7, 11) is 0.